The van der Waals surface area contributed by atoms with Crippen molar-refractivity contribution >= 4 is 5.91 Å². The van der Waals surface area contributed by atoms with Crippen molar-refractivity contribution in [1.82, 2.24) is 5.32 Å². The molecule has 1 amide bonds. The maximum atomic E-state index is 11.3. The van der Waals surface area contributed by atoms with Gasteiger partial charge in [-0.2, -0.15) is 0 Å². The highest BCUT2D eigenvalue weighted by atomic mass is 17.2. The minimum absolute atomic E-state index is 0.111. The van der Waals surface area contributed by atoms with Crippen LogP contribution < -0.4 is 5.32 Å². The lowest BCUT2D eigenvalue weighted by Crippen LogP contribution is -2.30. The SMILES string of the molecule is CC(C)COOCCNC(=O)CC(CO)CO. The zero-order valence-electron chi connectivity index (χ0n) is 10.5. The topological polar surface area (TPSA) is 88.0 Å². The van der Waals surface area contributed by atoms with Gasteiger partial charge in [-0.25, -0.2) is 9.78 Å². The van der Waals surface area contributed by atoms with Crippen molar-refractivity contribution in [1.29, 1.82) is 0 Å². The van der Waals surface area contributed by atoms with Crippen LogP contribution in [0.4, 0.5) is 0 Å². The Morgan fingerprint density at radius 2 is 1.88 bits per heavy atom. The maximum absolute atomic E-state index is 11.3. The fraction of sp³-hybridized carbons (Fsp3) is 0.909. The second-order valence-electron chi connectivity index (χ2n) is 4.29. The molecule has 0 aliphatic heterocycles. The summed E-state index contributed by atoms with van der Waals surface area (Å²) in [5, 5.41) is 20.2. The first kappa shape index (κ1) is 16.3. The highest BCUT2D eigenvalue weighted by Crippen LogP contribution is 1.99. The van der Waals surface area contributed by atoms with Gasteiger partial charge in [-0.3, -0.25) is 4.79 Å². The molecule has 0 aromatic heterocycles. The zero-order chi connectivity index (χ0) is 13.1. The third kappa shape index (κ3) is 10.2. The lowest BCUT2D eigenvalue weighted by atomic mass is 10.1. The molecule has 6 heteroatoms. The van der Waals surface area contributed by atoms with Crippen LogP contribution >= 0.6 is 0 Å². The summed E-state index contributed by atoms with van der Waals surface area (Å²) in [6.45, 7) is 4.77. The summed E-state index contributed by atoms with van der Waals surface area (Å²) in [7, 11) is 0. The predicted octanol–water partition coefficient (Wildman–Crippen LogP) is -0.302. The molecule has 0 aromatic carbocycles. The highest BCUT2D eigenvalue weighted by molar-refractivity contribution is 5.76. The van der Waals surface area contributed by atoms with E-state index in [1.165, 1.54) is 0 Å². The van der Waals surface area contributed by atoms with Crippen molar-refractivity contribution in [2.24, 2.45) is 11.8 Å². The number of hydrogen-bond acceptors (Lipinski definition) is 5. The van der Waals surface area contributed by atoms with Crippen molar-refractivity contribution < 1.29 is 24.8 Å². The Kier molecular flexibility index (Phi) is 10.0. The Bertz CT molecular complexity index is 194. The Morgan fingerprint density at radius 1 is 1.24 bits per heavy atom. The molecule has 0 unspecified atom stereocenters. The lowest BCUT2D eigenvalue weighted by molar-refractivity contribution is -0.298. The number of carbonyl (C=O) groups is 1. The van der Waals surface area contributed by atoms with E-state index in [1.54, 1.807) is 0 Å². The van der Waals surface area contributed by atoms with E-state index in [2.05, 4.69) is 5.32 Å². The number of hydrogen-bond donors (Lipinski definition) is 3. The van der Waals surface area contributed by atoms with E-state index in [-0.39, 0.29) is 32.1 Å². The normalized spacial score (nSPS) is 11.2. The third-order valence-electron chi connectivity index (χ3n) is 1.98. The van der Waals surface area contributed by atoms with E-state index in [0.29, 0.717) is 19.1 Å². The van der Waals surface area contributed by atoms with Gasteiger partial charge in [0, 0.05) is 32.1 Å². The van der Waals surface area contributed by atoms with Crippen molar-refractivity contribution in [3.05, 3.63) is 0 Å². The van der Waals surface area contributed by atoms with Crippen LogP contribution in [0.3, 0.4) is 0 Å². The molecular weight excluding hydrogens is 226 g/mol. The largest absolute Gasteiger partial charge is 0.396 e. The predicted molar refractivity (Wildman–Crippen MR) is 62.0 cm³/mol. The van der Waals surface area contributed by atoms with Gasteiger partial charge in [-0.05, 0) is 5.92 Å². The molecule has 17 heavy (non-hydrogen) atoms. The number of aliphatic hydroxyl groups excluding tert-OH is 2. The molecule has 3 N–H and O–H groups in total. The second-order valence-corrected chi connectivity index (χ2v) is 4.29. The Labute approximate surface area is 102 Å². The van der Waals surface area contributed by atoms with Gasteiger partial charge in [-0.1, -0.05) is 13.8 Å². The van der Waals surface area contributed by atoms with Crippen molar-refractivity contribution in [3.8, 4) is 0 Å². The lowest BCUT2D eigenvalue weighted by Gasteiger charge is -2.11. The monoisotopic (exact) mass is 249 g/mol. The number of aliphatic hydroxyl groups is 2. The van der Waals surface area contributed by atoms with E-state index in [1.807, 2.05) is 13.8 Å². The summed E-state index contributed by atoms with van der Waals surface area (Å²) in [6.07, 6.45) is 0.111. The van der Waals surface area contributed by atoms with Gasteiger partial charge in [0.15, 0.2) is 0 Å². The molecule has 0 bridgehead atoms. The molecule has 0 fully saturated rings. The molecule has 0 rings (SSSR count). The van der Waals surface area contributed by atoms with Gasteiger partial charge in [0.2, 0.25) is 5.91 Å². The summed E-state index contributed by atoms with van der Waals surface area (Å²) >= 11 is 0. The van der Waals surface area contributed by atoms with Gasteiger partial charge < -0.3 is 15.5 Å². The standard InChI is InChI=1S/C11H23NO5/c1-9(2)8-17-16-4-3-12-11(15)5-10(6-13)7-14/h9-10,13-14H,3-8H2,1-2H3,(H,12,15). The van der Waals surface area contributed by atoms with Crippen LogP contribution in [0.15, 0.2) is 0 Å². The Hall–Kier alpha value is -0.690. The molecule has 6 nitrogen and oxygen atoms in total. The average molecular weight is 249 g/mol. The number of nitrogens with one attached hydrogen (secondary N) is 1. The minimum Gasteiger partial charge on any atom is -0.396 e. The van der Waals surface area contributed by atoms with E-state index in [0.717, 1.165) is 0 Å². The second kappa shape index (κ2) is 10.5. The van der Waals surface area contributed by atoms with Gasteiger partial charge in [0.05, 0.1) is 13.2 Å². The first-order chi connectivity index (χ1) is 8.10. The summed E-state index contributed by atoms with van der Waals surface area (Å²) < 4.78 is 0. The van der Waals surface area contributed by atoms with Crippen molar-refractivity contribution in [3.63, 3.8) is 0 Å². The van der Waals surface area contributed by atoms with Crippen LogP contribution in [0.1, 0.15) is 20.3 Å². The molecule has 0 saturated heterocycles. The van der Waals surface area contributed by atoms with Gasteiger partial charge in [0.25, 0.3) is 0 Å². The molecule has 102 valence electrons. The molecule has 0 radical (unpaired) electrons. The fourth-order valence-corrected chi connectivity index (χ4v) is 0.996. The van der Waals surface area contributed by atoms with Crippen LogP contribution in [0, 0.1) is 11.8 Å². The first-order valence-corrected chi connectivity index (χ1v) is 5.83. The molecule has 0 aromatic rings. The van der Waals surface area contributed by atoms with Crippen molar-refractivity contribution in [2.75, 3.05) is 33.0 Å². The molecule has 0 spiro atoms. The van der Waals surface area contributed by atoms with E-state index in [9.17, 15) is 4.79 Å². The smallest absolute Gasteiger partial charge is 0.220 e. The minimum atomic E-state index is -0.395. The molecular formula is C11H23NO5. The zero-order valence-corrected chi connectivity index (χ0v) is 10.5. The number of carbonyl (C=O) groups excluding carboxylic acids is 1. The molecule has 0 aliphatic rings. The summed E-state index contributed by atoms with van der Waals surface area (Å²) in [5.41, 5.74) is 0. The molecule has 0 saturated carbocycles. The Balaban J connectivity index is 3.39. The first-order valence-electron chi connectivity index (χ1n) is 5.83. The van der Waals surface area contributed by atoms with Crippen LogP contribution in [0.25, 0.3) is 0 Å². The highest BCUT2D eigenvalue weighted by Gasteiger charge is 2.11. The van der Waals surface area contributed by atoms with Crippen molar-refractivity contribution in [2.45, 2.75) is 20.3 Å². The summed E-state index contributed by atoms with van der Waals surface area (Å²) in [4.78, 5) is 21.0. The number of rotatable bonds is 10. The van der Waals surface area contributed by atoms with E-state index >= 15 is 0 Å². The van der Waals surface area contributed by atoms with Crippen LogP contribution in [0.5, 0.6) is 0 Å². The van der Waals surface area contributed by atoms with Crippen LogP contribution in [-0.4, -0.2) is 49.1 Å². The molecule has 0 atom stereocenters. The third-order valence-corrected chi connectivity index (χ3v) is 1.98. The maximum Gasteiger partial charge on any atom is 0.220 e. The quantitative estimate of drug-likeness (QED) is 0.281. The van der Waals surface area contributed by atoms with E-state index in [4.69, 9.17) is 20.0 Å². The van der Waals surface area contributed by atoms with Crippen LogP contribution in [-0.2, 0) is 14.6 Å². The number of amides is 1. The van der Waals surface area contributed by atoms with Gasteiger partial charge in [0.1, 0.15) is 0 Å². The Morgan fingerprint density at radius 3 is 2.41 bits per heavy atom. The fourth-order valence-electron chi connectivity index (χ4n) is 0.996. The molecule has 0 aliphatic carbocycles. The molecule has 0 heterocycles. The van der Waals surface area contributed by atoms with Gasteiger partial charge >= 0.3 is 0 Å². The van der Waals surface area contributed by atoms with Crippen LogP contribution in [0.2, 0.25) is 0 Å². The van der Waals surface area contributed by atoms with E-state index < -0.39 is 5.92 Å². The average Bonchev–Trinajstić information content (AvgIpc) is 2.30. The summed E-state index contributed by atoms with van der Waals surface area (Å²) in [5.74, 6) is -0.210. The van der Waals surface area contributed by atoms with Gasteiger partial charge in [-0.15, -0.1) is 0 Å². The summed E-state index contributed by atoms with van der Waals surface area (Å²) in [6, 6.07) is 0.